The summed E-state index contributed by atoms with van der Waals surface area (Å²) in [5.41, 5.74) is 2.12. The topological polar surface area (TPSA) is 60.4 Å². The molecule has 4 nitrogen and oxygen atoms in total. The summed E-state index contributed by atoms with van der Waals surface area (Å²) in [4.78, 5) is 38.0. The zero-order valence-corrected chi connectivity index (χ0v) is 20.8. The molecule has 0 bridgehead atoms. The number of aryl methyl sites for hydroxylation is 1. The van der Waals surface area contributed by atoms with E-state index in [0.29, 0.717) is 36.4 Å². The predicted molar refractivity (Wildman–Crippen MR) is 131 cm³/mol. The van der Waals surface area contributed by atoms with Gasteiger partial charge in [-0.3, -0.25) is 14.4 Å². The van der Waals surface area contributed by atoms with Gasteiger partial charge in [0.1, 0.15) is 11.9 Å². The lowest BCUT2D eigenvalue weighted by molar-refractivity contribution is -0.166. The highest BCUT2D eigenvalue weighted by molar-refractivity contribution is 5.92. The van der Waals surface area contributed by atoms with E-state index < -0.39 is 0 Å². The van der Waals surface area contributed by atoms with Crippen molar-refractivity contribution in [3.05, 3.63) is 47.5 Å². The van der Waals surface area contributed by atoms with Crippen LogP contribution in [0.1, 0.15) is 77.7 Å². The molecule has 0 N–H and O–H groups in total. The van der Waals surface area contributed by atoms with Crippen LogP contribution in [0.2, 0.25) is 0 Å². The number of carbonyl (C=O) groups excluding carboxylic acids is 3. The maximum Gasteiger partial charge on any atom is 0.306 e. The van der Waals surface area contributed by atoms with Crippen molar-refractivity contribution in [1.82, 2.24) is 0 Å². The van der Waals surface area contributed by atoms with Crippen LogP contribution in [0.15, 0.2) is 42.0 Å². The van der Waals surface area contributed by atoms with E-state index in [1.807, 2.05) is 36.4 Å². The third-order valence-electron chi connectivity index (χ3n) is 10.3. The Morgan fingerprint density at radius 1 is 1.03 bits per heavy atom. The number of fused-ring (bicyclic) bond motifs is 5. The van der Waals surface area contributed by atoms with Crippen molar-refractivity contribution in [3.63, 3.8) is 0 Å². The summed E-state index contributed by atoms with van der Waals surface area (Å²) in [7, 11) is 0. The predicted octanol–water partition coefficient (Wildman–Crippen LogP) is 5.88. The molecule has 7 atom stereocenters. The van der Waals surface area contributed by atoms with Crippen LogP contribution in [0.4, 0.5) is 0 Å². The molecule has 3 saturated carbocycles. The summed E-state index contributed by atoms with van der Waals surface area (Å²) in [6, 6.07) is 10.00. The number of ether oxygens (including phenoxy) is 1. The Kier molecular flexibility index (Phi) is 6.06. The fraction of sp³-hybridized carbons (Fsp3) is 0.633. The molecule has 0 heterocycles. The molecule has 4 heteroatoms. The van der Waals surface area contributed by atoms with Crippen LogP contribution in [0.5, 0.6) is 0 Å². The van der Waals surface area contributed by atoms with Crippen molar-refractivity contribution in [2.24, 2.45) is 34.5 Å². The van der Waals surface area contributed by atoms with Gasteiger partial charge >= 0.3 is 5.97 Å². The molecule has 5 rings (SSSR count). The second kappa shape index (κ2) is 8.77. The average Bonchev–Trinajstić information content (AvgIpc) is 3.17. The number of esters is 1. The minimum Gasteiger partial charge on any atom is -0.461 e. The highest BCUT2D eigenvalue weighted by Gasteiger charge is 2.62. The molecule has 1 aromatic carbocycles. The maximum atomic E-state index is 12.9. The Hall–Kier alpha value is -2.23. The molecule has 1 unspecified atom stereocenters. The number of benzene rings is 1. The summed E-state index contributed by atoms with van der Waals surface area (Å²) >= 11 is 0. The Bertz CT molecular complexity index is 1010. The molecule has 182 valence electrons. The lowest BCUT2D eigenvalue weighted by Crippen LogP contribution is -2.56. The molecule has 4 aliphatic carbocycles. The van der Waals surface area contributed by atoms with Gasteiger partial charge in [-0.2, -0.15) is 0 Å². The van der Waals surface area contributed by atoms with Gasteiger partial charge in [-0.05, 0) is 86.7 Å². The van der Waals surface area contributed by atoms with E-state index in [9.17, 15) is 14.4 Å². The number of ketones is 2. The number of hydrogen-bond acceptors (Lipinski definition) is 4. The molecule has 0 aliphatic heterocycles. The first-order valence-corrected chi connectivity index (χ1v) is 13.2. The maximum absolute atomic E-state index is 12.9. The molecular formula is C30H38O4. The van der Waals surface area contributed by atoms with Gasteiger partial charge in [0, 0.05) is 24.2 Å². The normalized spacial score (nSPS) is 38.9. The SMILES string of the molecule is CC(=O)[C@H]1CC[C@H]2[C@@H]3CCC4=CC(=O)CC(OC(=O)CCc5ccccc5)[C@]4(C)[C@H]3CC[C@]12C. The van der Waals surface area contributed by atoms with Gasteiger partial charge in [-0.25, -0.2) is 0 Å². The van der Waals surface area contributed by atoms with Crippen molar-refractivity contribution in [1.29, 1.82) is 0 Å². The molecule has 3 fully saturated rings. The van der Waals surface area contributed by atoms with Crippen molar-refractivity contribution >= 4 is 17.5 Å². The quantitative estimate of drug-likeness (QED) is 0.513. The van der Waals surface area contributed by atoms with Gasteiger partial charge in [0.15, 0.2) is 5.78 Å². The average molecular weight is 463 g/mol. The Morgan fingerprint density at radius 3 is 2.53 bits per heavy atom. The van der Waals surface area contributed by atoms with Crippen LogP contribution in [-0.2, 0) is 25.5 Å². The number of carbonyl (C=O) groups is 3. The second-order valence-corrected chi connectivity index (χ2v) is 11.8. The van der Waals surface area contributed by atoms with Crippen LogP contribution < -0.4 is 0 Å². The summed E-state index contributed by atoms with van der Waals surface area (Å²) < 4.78 is 6.15. The van der Waals surface area contributed by atoms with Gasteiger partial charge in [0.2, 0.25) is 0 Å². The summed E-state index contributed by atoms with van der Waals surface area (Å²) in [5, 5.41) is 0. The molecule has 0 saturated heterocycles. The minimum absolute atomic E-state index is 0.0879. The highest BCUT2D eigenvalue weighted by atomic mass is 16.5. The summed E-state index contributed by atoms with van der Waals surface area (Å²) in [6.07, 6.45) is 8.97. The Morgan fingerprint density at radius 2 is 1.79 bits per heavy atom. The second-order valence-electron chi connectivity index (χ2n) is 11.8. The smallest absolute Gasteiger partial charge is 0.306 e. The number of hydrogen-bond donors (Lipinski definition) is 0. The van der Waals surface area contributed by atoms with E-state index in [1.54, 1.807) is 6.92 Å². The molecule has 0 radical (unpaired) electrons. The first-order chi connectivity index (χ1) is 16.2. The van der Waals surface area contributed by atoms with Crippen molar-refractivity contribution in [2.45, 2.75) is 84.7 Å². The van der Waals surface area contributed by atoms with E-state index in [-0.39, 0.29) is 41.0 Å². The third kappa shape index (κ3) is 3.78. The molecule has 4 aliphatic rings. The van der Waals surface area contributed by atoms with Crippen molar-refractivity contribution < 1.29 is 19.1 Å². The summed E-state index contributed by atoms with van der Waals surface area (Å²) in [6.45, 7) is 6.38. The van der Waals surface area contributed by atoms with Gasteiger partial charge in [0.25, 0.3) is 0 Å². The lowest BCUT2D eigenvalue weighted by atomic mass is 9.46. The van der Waals surface area contributed by atoms with E-state index in [4.69, 9.17) is 4.74 Å². The van der Waals surface area contributed by atoms with Crippen LogP contribution in [-0.4, -0.2) is 23.6 Å². The molecule has 34 heavy (non-hydrogen) atoms. The fourth-order valence-corrected chi connectivity index (χ4v) is 8.53. The molecular weight excluding hydrogens is 424 g/mol. The lowest BCUT2D eigenvalue weighted by Gasteiger charge is -2.59. The largest absolute Gasteiger partial charge is 0.461 e. The monoisotopic (exact) mass is 462 g/mol. The van der Waals surface area contributed by atoms with E-state index in [0.717, 1.165) is 44.1 Å². The van der Waals surface area contributed by atoms with Gasteiger partial charge in [-0.15, -0.1) is 0 Å². The molecule has 0 aromatic heterocycles. The van der Waals surface area contributed by atoms with Gasteiger partial charge in [-0.1, -0.05) is 49.8 Å². The van der Waals surface area contributed by atoms with Crippen LogP contribution >= 0.6 is 0 Å². The van der Waals surface area contributed by atoms with Crippen LogP contribution in [0, 0.1) is 34.5 Å². The van der Waals surface area contributed by atoms with E-state index in [2.05, 4.69) is 13.8 Å². The van der Waals surface area contributed by atoms with Crippen LogP contribution in [0.25, 0.3) is 0 Å². The Labute approximate surface area is 203 Å². The fourth-order valence-electron chi connectivity index (χ4n) is 8.53. The molecule has 0 amide bonds. The molecule has 1 aromatic rings. The number of rotatable bonds is 5. The van der Waals surface area contributed by atoms with Crippen molar-refractivity contribution in [2.75, 3.05) is 0 Å². The van der Waals surface area contributed by atoms with E-state index >= 15 is 0 Å². The Balaban J connectivity index is 1.37. The van der Waals surface area contributed by atoms with E-state index in [1.165, 1.54) is 5.57 Å². The van der Waals surface area contributed by atoms with Crippen molar-refractivity contribution in [3.8, 4) is 0 Å². The standard InChI is InChI=1S/C30H38O4/c1-19(31)24-12-13-25-23-11-10-21-17-22(32)18-27(30(21,3)26(23)15-16-29(24,25)2)34-28(33)14-9-20-7-5-4-6-8-20/h4-8,17,23-27H,9-16,18H2,1-3H3/t23-,24+,25-,26-,27?,29+,30-/m0/s1. The zero-order valence-electron chi connectivity index (χ0n) is 20.8. The van der Waals surface area contributed by atoms with Crippen LogP contribution in [0.3, 0.4) is 0 Å². The first kappa shape index (κ1) is 23.5. The highest BCUT2D eigenvalue weighted by Crippen LogP contribution is 2.67. The van der Waals surface area contributed by atoms with Gasteiger partial charge in [0.05, 0.1) is 0 Å². The molecule has 0 spiro atoms. The first-order valence-electron chi connectivity index (χ1n) is 13.2. The number of Topliss-reactive ketones (excluding diaryl/α,β-unsaturated/α-hetero) is 1. The zero-order chi connectivity index (χ0) is 24.1. The van der Waals surface area contributed by atoms with Gasteiger partial charge < -0.3 is 4.74 Å². The third-order valence-corrected chi connectivity index (χ3v) is 10.3. The minimum atomic E-state index is -0.384. The summed E-state index contributed by atoms with van der Waals surface area (Å²) in [5.74, 6) is 1.89.